The molecule has 2 rings (SSSR count). The predicted molar refractivity (Wildman–Crippen MR) is 86.3 cm³/mol. The molecule has 0 radical (unpaired) electrons. The van der Waals surface area contributed by atoms with E-state index in [9.17, 15) is 19.7 Å². The zero-order valence-corrected chi connectivity index (χ0v) is 14.0. The Hall–Kier alpha value is -1.96. The number of carboxylic acid groups (broad SMARTS) is 1. The minimum Gasteiger partial charge on any atom is -0.481 e. The van der Waals surface area contributed by atoms with Gasteiger partial charge >= 0.3 is 5.97 Å². The number of nitro groups is 1. The zero-order chi connectivity index (χ0) is 17.0. The molecule has 1 aliphatic heterocycles. The maximum Gasteiger partial charge on any atom is 0.303 e. The minimum atomic E-state index is -0.875. The molecule has 0 saturated carbocycles. The molecule has 1 N–H and O–H groups in total. The molecule has 7 nitrogen and oxygen atoms in total. The van der Waals surface area contributed by atoms with Crippen molar-refractivity contribution in [2.24, 2.45) is 0 Å². The van der Waals surface area contributed by atoms with Crippen LogP contribution in [0.25, 0.3) is 0 Å². The van der Waals surface area contributed by atoms with Gasteiger partial charge in [-0.05, 0) is 47.7 Å². The second-order valence-corrected chi connectivity index (χ2v) is 6.36. The van der Waals surface area contributed by atoms with Crippen LogP contribution in [-0.4, -0.2) is 39.4 Å². The Morgan fingerprint density at radius 2 is 2.13 bits per heavy atom. The number of carbonyl (C=O) groups is 2. The lowest BCUT2D eigenvalue weighted by molar-refractivity contribution is -0.384. The van der Waals surface area contributed by atoms with Crippen molar-refractivity contribution in [2.75, 3.05) is 6.54 Å². The quantitative estimate of drug-likeness (QED) is 0.620. The topological polar surface area (TPSA) is 101 Å². The van der Waals surface area contributed by atoms with E-state index in [-0.39, 0.29) is 24.1 Å². The molecule has 0 aliphatic carbocycles. The molecule has 0 bridgehead atoms. The van der Waals surface area contributed by atoms with Crippen molar-refractivity contribution < 1.29 is 19.6 Å². The van der Waals surface area contributed by atoms with Crippen LogP contribution in [0.4, 0.5) is 5.69 Å². The number of amides is 1. The van der Waals surface area contributed by atoms with E-state index >= 15 is 0 Å². The number of carboxylic acids is 1. The van der Waals surface area contributed by atoms with E-state index in [4.69, 9.17) is 5.11 Å². The fraction of sp³-hybridized carbons (Fsp3) is 0.467. The van der Waals surface area contributed by atoms with Crippen LogP contribution in [0.5, 0.6) is 0 Å². The summed E-state index contributed by atoms with van der Waals surface area (Å²) in [7, 11) is 0. The summed E-state index contributed by atoms with van der Waals surface area (Å²) < 4.78 is 0.374. The van der Waals surface area contributed by atoms with Gasteiger partial charge in [0.15, 0.2) is 0 Å². The first-order valence-corrected chi connectivity index (χ1v) is 8.16. The van der Waals surface area contributed by atoms with Crippen LogP contribution in [0.2, 0.25) is 0 Å². The molecule has 0 spiro atoms. The fourth-order valence-corrected chi connectivity index (χ4v) is 3.34. The van der Waals surface area contributed by atoms with Gasteiger partial charge in [-0.3, -0.25) is 19.7 Å². The largest absolute Gasteiger partial charge is 0.481 e. The minimum absolute atomic E-state index is 0.0237. The number of halogens is 1. The molecule has 1 amide bonds. The van der Waals surface area contributed by atoms with Crippen molar-refractivity contribution in [1.82, 2.24) is 4.90 Å². The molecule has 0 aromatic heterocycles. The van der Waals surface area contributed by atoms with E-state index < -0.39 is 10.9 Å². The molecule has 8 heteroatoms. The Morgan fingerprint density at radius 1 is 1.39 bits per heavy atom. The molecule has 1 atom stereocenters. The van der Waals surface area contributed by atoms with Crippen molar-refractivity contribution >= 4 is 33.5 Å². The summed E-state index contributed by atoms with van der Waals surface area (Å²) in [4.78, 5) is 35.4. The van der Waals surface area contributed by atoms with E-state index in [1.54, 1.807) is 4.90 Å². The van der Waals surface area contributed by atoms with Crippen LogP contribution < -0.4 is 0 Å². The number of piperidine rings is 1. The summed E-state index contributed by atoms with van der Waals surface area (Å²) in [6, 6.07) is 3.94. The van der Waals surface area contributed by atoms with Crippen molar-refractivity contribution in [3.05, 3.63) is 38.3 Å². The summed E-state index contributed by atoms with van der Waals surface area (Å²) in [5.74, 6) is -1.10. The lowest BCUT2D eigenvalue weighted by Gasteiger charge is -2.36. The number of rotatable bonds is 5. The summed E-state index contributed by atoms with van der Waals surface area (Å²) in [5, 5.41) is 19.6. The van der Waals surface area contributed by atoms with Gasteiger partial charge in [0.1, 0.15) is 0 Å². The van der Waals surface area contributed by atoms with Gasteiger partial charge in [-0.1, -0.05) is 0 Å². The second-order valence-electron chi connectivity index (χ2n) is 5.50. The van der Waals surface area contributed by atoms with Crippen LogP contribution in [0, 0.1) is 10.1 Å². The van der Waals surface area contributed by atoms with Crippen LogP contribution >= 0.6 is 15.9 Å². The van der Waals surface area contributed by atoms with Crippen molar-refractivity contribution in [3.63, 3.8) is 0 Å². The number of carbonyl (C=O) groups excluding carboxylic acids is 1. The van der Waals surface area contributed by atoms with Gasteiger partial charge in [0, 0.05) is 35.6 Å². The Labute approximate surface area is 141 Å². The van der Waals surface area contributed by atoms with Gasteiger partial charge in [0.05, 0.1) is 10.5 Å². The first kappa shape index (κ1) is 17.4. The molecule has 1 saturated heterocycles. The summed E-state index contributed by atoms with van der Waals surface area (Å²) >= 11 is 3.22. The second kappa shape index (κ2) is 7.54. The van der Waals surface area contributed by atoms with Gasteiger partial charge in [0.25, 0.3) is 11.6 Å². The van der Waals surface area contributed by atoms with Crippen molar-refractivity contribution in [3.8, 4) is 0 Å². The predicted octanol–water partition coefficient (Wildman–Crippen LogP) is 3.22. The average molecular weight is 385 g/mol. The lowest BCUT2D eigenvalue weighted by Crippen LogP contribution is -2.44. The van der Waals surface area contributed by atoms with Gasteiger partial charge in [-0.15, -0.1) is 0 Å². The lowest BCUT2D eigenvalue weighted by atomic mass is 9.97. The molecule has 1 aromatic carbocycles. The molecule has 1 heterocycles. The third-order valence-corrected chi connectivity index (χ3v) is 4.63. The van der Waals surface area contributed by atoms with E-state index in [0.717, 1.165) is 19.3 Å². The molecular weight excluding hydrogens is 368 g/mol. The Morgan fingerprint density at radius 3 is 2.74 bits per heavy atom. The highest BCUT2D eigenvalue weighted by atomic mass is 79.9. The summed E-state index contributed by atoms with van der Waals surface area (Å²) in [6.45, 7) is 0.576. The highest BCUT2D eigenvalue weighted by Crippen LogP contribution is 2.28. The molecule has 1 fully saturated rings. The normalized spacial score (nSPS) is 17.8. The highest BCUT2D eigenvalue weighted by Gasteiger charge is 2.29. The van der Waals surface area contributed by atoms with Crippen LogP contribution in [0.15, 0.2) is 22.7 Å². The number of hydrogen-bond acceptors (Lipinski definition) is 4. The standard InChI is InChI=1S/C15H17BrN2O5/c16-13-9-11(18(22)23)4-6-12(13)15(21)17-8-2-1-3-10(17)5-7-14(19)20/h4,6,9-10H,1-3,5,7-8H2,(H,19,20). The van der Waals surface area contributed by atoms with Crippen LogP contribution in [0.3, 0.4) is 0 Å². The number of non-ortho nitro benzene ring substituents is 1. The number of benzene rings is 1. The van der Waals surface area contributed by atoms with E-state index in [1.165, 1.54) is 18.2 Å². The first-order chi connectivity index (χ1) is 10.9. The molecule has 124 valence electrons. The number of aliphatic carboxylic acids is 1. The number of likely N-dealkylation sites (tertiary alicyclic amines) is 1. The fourth-order valence-electron chi connectivity index (χ4n) is 2.80. The maximum atomic E-state index is 12.7. The summed E-state index contributed by atoms with van der Waals surface area (Å²) in [6.07, 6.45) is 3.07. The third kappa shape index (κ3) is 4.28. The number of nitro benzene ring substituents is 1. The van der Waals surface area contributed by atoms with Crippen LogP contribution in [-0.2, 0) is 4.79 Å². The third-order valence-electron chi connectivity index (χ3n) is 3.97. The smallest absolute Gasteiger partial charge is 0.303 e. The first-order valence-electron chi connectivity index (χ1n) is 7.37. The Balaban J connectivity index is 2.19. The Bertz CT molecular complexity index is 634. The molecule has 1 aliphatic rings. The van der Waals surface area contributed by atoms with Gasteiger partial charge < -0.3 is 10.0 Å². The maximum absolute atomic E-state index is 12.7. The Kier molecular flexibility index (Phi) is 5.70. The number of hydrogen-bond donors (Lipinski definition) is 1. The van der Waals surface area contributed by atoms with Gasteiger partial charge in [-0.25, -0.2) is 0 Å². The molecule has 23 heavy (non-hydrogen) atoms. The van der Waals surface area contributed by atoms with Gasteiger partial charge in [0.2, 0.25) is 0 Å². The van der Waals surface area contributed by atoms with E-state index in [0.29, 0.717) is 23.0 Å². The number of nitrogens with zero attached hydrogens (tertiary/aromatic N) is 2. The van der Waals surface area contributed by atoms with Crippen LogP contribution in [0.1, 0.15) is 42.5 Å². The molecule has 1 aromatic rings. The highest BCUT2D eigenvalue weighted by molar-refractivity contribution is 9.10. The zero-order valence-electron chi connectivity index (χ0n) is 12.4. The monoisotopic (exact) mass is 384 g/mol. The SMILES string of the molecule is O=C(O)CCC1CCCCN1C(=O)c1ccc([N+](=O)[O-])cc1Br. The van der Waals surface area contributed by atoms with Crippen molar-refractivity contribution in [1.29, 1.82) is 0 Å². The van der Waals surface area contributed by atoms with E-state index in [1.807, 2.05) is 0 Å². The van der Waals surface area contributed by atoms with Gasteiger partial charge in [-0.2, -0.15) is 0 Å². The molecular formula is C15H17BrN2O5. The van der Waals surface area contributed by atoms with E-state index in [2.05, 4.69) is 15.9 Å². The van der Waals surface area contributed by atoms with Crippen molar-refractivity contribution in [2.45, 2.75) is 38.1 Å². The average Bonchev–Trinajstić information content (AvgIpc) is 2.52. The summed E-state index contributed by atoms with van der Waals surface area (Å²) in [5.41, 5.74) is 0.271. The molecule has 1 unspecified atom stereocenters.